The molecule has 122 valence electrons. The molecule has 2 aromatic carbocycles. The molecule has 0 radical (unpaired) electrons. The Morgan fingerprint density at radius 1 is 1.22 bits per heavy atom. The lowest BCUT2D eigenvalue weighted by Crippen LogP contribution is -2.22. The number of hydrogen-bond acceptors (Lipinski definition) is 3. The van der Waals surface area contributed by atoms with E-state index < -0.39 is 0 Å². The first-order valence-electron chi connectivity index (χ1n) is 7.57. The monoisotopic (exact) mass is 316 g/mol. The van der Waals surface area contributed by atoms with Crippen LogP contribution >= 0.6 is 0 Å². The van der Waals surface area contributed by atoms with Crippen molar-refractivity contribution >= 4 is 11.6 Å². The largest absolute Gasteiger partial charge is 0.492 e. The number of carbonyl (C=O) groups excluding carboxylic acids is 1. The highest BCUT2D eigenvalue weighted by Gasteiger charge is 2.15. The van der Waals surface area contributed by atoms with Crippen molar-refractivity contribution in [3.63, 3.8) is 0 Å². The summed E-state index contributed by atoms with van der Waals surface area (Å²) in [5, 5.41) is 2.82. The van der Waals surface area contributed by atoms with Crippen molar-refractivity contribution in [2.45, 2.75) is 13.3 Å². The van der Waals surface area contributed by atoms with Crippen LogP contribution in [0.2, 0.25) is 0 Å². The van der Waals surface area contributed by atoms with E-state index in [2.05, 4.69) is 5.32 Å². The lowest BCUT2D eigenvalue weighted by molar-refractivity contribution is -0.119. The van der Waals surface area contributed by atoms with Crippen molar-refractivity contribution < 1.29 is 13.9 Å². The van der Waals surface area contributed by atoms with Crippen molar-refractivity contribution in [1.29, 1.82) is 0 Å². The molecule has 0 aliphatic carbocycles. The third-order valence-corrected chi connectivity index (χ3v) is 3.44. The third-order valence-electron chi connectivity index (χ3n) is 3.44. The summed E-state index contributed by atoms with van der Waals surface area (Å²) in [6, 6.07) is 13.6. The molecule has 5 heteroatoms. The molecule has 0 saturated heterocycles. The number of hydrogen-bond donors (Lipinski definition) is 2. The van der Waals surface area contributed by atoms with Crippen molar-refractivity contribution in [2.75, 3.05) is 18.5 Å². The normalized spacial score (nSPS) is 11.8. The maximum atomic E-state index is 13.6. The quantitative estimate of drug-likeness (QED) is 0.825. The molecule has 1 amide bonds. The summed E-state index contributed by atoms with van der Waals surface area (Å²) < 4.78 is 19.0. The van der Waals surface area contributed by atoms with Gasteiger partial charge in [-0.15, -0.1) is 0 Å². The Kier molecular flexibility index (Phi) is 6.11. The van der Waals surface area contributed by atoms with Crippen molar-refractivity contribution in [1.82, 2.24) is 0 Å². The van der Waals surface area contributed by atoms with Crippen molar-refractivity contribution in [3.05, 3.63) is 59.9 Å². The molecule has 23 heavy (non-hydrogen) atoms. The molecule has 4 nitrogen and oxygen atoms in total. The van der Waals surface area contributed by atoms with Crippen LogP contribution in [0.1, 0.15) is 12.5 Å². The summed E-state index contributed by atoms with van der Waals surface area (Å²) in [6.07, 6.45) is 0.357. The fourth-order valence-corrected chi connectivity index (χ4v) is 2.16. The standard InChI is InChI=1S/C18H21FN2O2/c1-13(12-14-4-2-3-5-17(14)19)18(22)21-15-6-8-16(9-7-15)23-11-10-20/h2-9,13H,10-12,20H2,1H3,(H,21,22). The number of benzene rings is 2. The first-order chi connectivity index (χ1) is 11.1. The van der Waals surface area contributed by atoms with E-state index in [0.29, 0.717) is 36.6 Å². The van der Waals surface area contributed by atoms with Crippen molar-refractivity contribution in [3.8, 4) is 5.75 Å². The summed E-state index contributed by atoms with van der Waals surface area (Å²) in [7, 11) is 0. The number of nitrogens with one attached hydrogen (secondary N) is 1. The van der Waals surface area contributed by atoms with Gasteiger partial charge in [-0.25, -0.2) is 4.39 Å². The topological polar surface area (TPSA) is 64.3 Å². The Morgan fingerprint density at radius 3 is 2.57 bits per heavy atom. The molecular weight excluding hydrogens is 295 g/mol. The third kappa shape index (κ3) is 5.07. The molecule has 0 saturated carbocycles. The van der Waals surface area contributed by atoms with E-state index in [4.69, 9.17) is 10.5 Å². The van der Waals surface area contributed by atoms with Gasteiger partial charge in [0.05, 0.1) is 0 Å². The summed E-state index contributed by atoms with van der Waals surface area (Å²) in [5.41, 5.74) is 6.59. The van der Waals surface area contributed by atoms with E-state index >= 15 is 0 Å². The second-order valence-electron chi connectivity index (χ2n) is 5.35. The minimum absolute atomic E-state index is 0.149. The molecule has 2 rings (SSSR count). The molecule has 0 bridgehead atoms. The maximum absolute atomic E-state index is 13.6. The highest BCUT2D eigenvalue weighted by molar-refractivity contribution is 5.92. The zero-order chi connectivity index (χ0) is 16.7. The molecule has 0 heterocycles. The van der Waals surface area contributed by atoms with E-state index in [9.17, 15) is 9.18 Å². The molecule has 1 unspecified atom stereocenters. The number of ether oxygens (including phenoxy) is 1. The van der Waals surface area contributed by atoms with Gasteiger partial charge in [-0.05, 0) is 42.3 Å². The van der Waals surface area contributed by atoms with Gasteiger partial charge in [-0.1, -0.05) is 25.1 Å². The first kappa shape index (κ1) is 17.0. The number of nitrogens with two attached hydrogens (primary N) is 1. The maximum Gasteiger partial charge on any atom is 0.227 e. The van der Waals surface area contributed by atoms with Crippen LogP contribution in [0.25, 0.3) is 0 Å². The van der Waals surface area contributed by atoms with E-state index in [1.807, 2.05) is 0 Å². The summed E-state index contributed by atoms with van der Waals surface area (Å²) >= 11 is 0. The van der Waals surface area contributed by atoms with Gasteiger partial charge >= 0.3 is 0 Å². The number of rotatable bonds is 7. The number of halogens is 1. The van der Waals surface area contributed by atoms with Crippen LogP contribution in [-0.2, 0) is 11.2 Å². The van der Waals surface area contributed by atoms with Crippen LogP contribution in [0.5, 0.6) is 5.75 Å². The molecule has 0 aliphatic rings. The Bertz CT molecular complexity index is 644. The van der Waals surface area contributed by atoms with E-state index in [-0.39, 0.29) is 17.6 Å². The molecule has 0 aliphatic heterocycles. The van der Waals surface area contributed by atoms with Gasteiger partial charge in [0, 0.05) is 18.2 Å². The molecule has 3 N–H and O–H groups in total. The van der Waals surface area contributed by atoms with Crippen LogP contribution < -0.4 is 15.8 Å². The van der Waals surface area contributed by atoms with Gasteiger partial charge in [0.2, 0.25) is 5.91 Å². The average molecular weight is 316 g/mol. The van der Waals surface area contributed by atoms with E-state index in [1.165, 1.54) is 6.07 Å². The Balaban J connectivity index is 1.91. The molecule has 2 aromatic rings. The number of anilines is 1. The highest BCUT2D eigenvalue weighted by Crippen LogP contribution is 2.18. The first-order valence-corrected chi connectivity index (χ1v) is 7.57. The second kappa shape index (κ2) is 8.29. The smallest absolute Gasteiger partial charge is 0.227 e. The fraction of sp³-hybridized carbons (Fsp3) is 0.278. The number of amides is 1. The zero-order valence-electron chi connectivity index (χ0n) is 13.1. The molecule has 0 spiro atoms. The van der Waals surface area contributed by atoms with Gasteiger partial charge in [0.25, 0.3) is 0 Å². The lowest BCUT2D eigenvalue weighted by atomic mass is 10.00. The fourth-order valence-electron chi connectivity index (χ4n) is 2.16. The van der Waals surface area contributed by atoms with Crippen LogP contribution in [0.3, 0.4) is 0 Å². The number of carbonyl (C=O) groups is 1. The van der Waals surface area contributed by atoms with Crippen LogP contribution in [0.15, 0.2) is 48.5 Å². The SMILES string of the molecule is CC(Cc1ccccc1F)C(=O)Nc1ccc(OCCN)cc1. The molecule has 0 aromatic heterocycles. The summed E-state index contributed by atoms with van der Waals surface area (Å²) in [4.78, 5) is 12.2. The highest BCUT2D eigenvalue weighted by atomic mass is 19.1. The van der Waals surface area contributed by atoms with Gasteiger partial charge in [0.15, 0.2) is 0 Å². The van der Waals surface area contributed by atoms with E-state index in [1.54, 1.807) is 49.4 Å². The second-order valence-corrected chi connectivity index (χ2v) is 5.35. The summed E-state index contributed by atoms with van der Waals surface area (Å²) in [6.45, 7) is 2.68. The van der Waals surface area contributed by atoms with Gasteiger partial charge in [-0.3, -0.25) is 4.79 Å². The average Bonchev–Trinajstić information content (AvgIpc) is 2.56. The predicted octanol–water partition coefficient (Wildman–Crippen LogP) is 2.98. The van der Waals surface area contributed by atoms with Gasteiger partial charge in [0.1, 0.15) is 18.2 Å². The van der Waals surface area contributed by atoms with E-state index in [0.717, 1.165) is 0 Å². The molecule has 1 atom stereocenters. The van der Waals surface area contributed by atoms with Crippen LogP contribution in [0, 0.1) is 11.7 Å². The van der Waals surface area contributed by atoms with Crippen molar-refractivity contribution in [2.24, 2.45) is 11.7 Å². The minimum Gasteiger partial charge on any atom is -0.492 e. The van der Waals surface area contributed by atoms with Gasteiger partial charge < -0.3 is 15.8 Å². The Labute approximate surface area is 135 Å². The Hall–Kier alpha value is -2.40. The van der Waals surface area contributed by atoms with Gasteiger partial charge in [-0.2, -0.15) is 0 Å². The molecule has 0 fully saturated rings. The van der Waals surface area contributed by atoms with Crippen LogP contribution in [0.4, 0.5) is 10.1 Å². The molecular formula is C18H21FN2O2. The lowest BCUT2D eigenvalue weighted by Gasteiger charge is -2.13. The minimum atomic E-state index is -0.333. The zero-order valence-corrected chi connectivity index (χ0v) is 13.1. The summed E-state index contributed by atoms with van der Waals surface area (Å²) in [5.74, 6) is -0.0645. The Morgan fingerprint density at radius 2 is 1.91 bits per heavy atom. The van der Waals surface area contributed by atoms with Crippen LogP contribution in [-0.4, -0.2) is 19.1 Å². The predicted molar refractivity (Wildman–Crippen MR) is 88.9 cm³/mol.